The summed E-state index contributed by atoms with van der Waals surface area (Å²) in [5.41, 5.74) is -0.970. The Morgan fingerprint density at radius 1 is 0.692 bits per heavy atom. The van der Waals surface area contributed by atoms with Gasteiger partial charge in [0.2, 0.25) is 5.91 Å². The lowest BCUT2D eigenvalue weighted by Crippen LogP contribution is -2.42. The monoisotopic (exact) mass is 980 g/mol. The van der Waals surface area contributed by atoms with Crippen molar-refractivity contribution in [3.8, 4) is 22.6 Å². The molecule has 2 N–H and O–H groups in total. The summed E-state index contributed by atoms with van der Waals surface area (Å²) in [6.07, 6.45) is -1.53. The maximum Gasteiger partial charge on any atom is 0.416 e. The Hall–Kier alpha value is -5.25. The Morgan fingerprint density at radius 3 is 1.63 bits per heavy atom. The van der Waals surface area contributed by atoms with Crippen LogP contribution in [0.15, 0.2) is 86.5 Å². The molecule has 344 valence electrons. The molecule has 4 heterocycles. The molecule has 2 amide bonds. The number of rotatable bonds is 8. The molecule has 4 aliphatic rings. The number of carboxylic acid groups (broad SMARTS) is 2. The number of alkyl halides is 6. The summed E-state index contributed by atoms with van der Waals surface area (Å²) in [4.78, 5) is 60.7. The van der Waals surface area contributed by atoms with Crippen LogP contribution in [0.3, 0.4) is 0 Å². The van der Waals surface area contributed by atoms with E-state index in [-0.39, 0.29) is 58.2 Å². The van der Waals surface area contributed by atoms with Gasteiger partial charge in [-0.15, -0.1) is 0 Å². The number of amides is 2. The van der Waals surface area contributed by atoms with Crippen molar-refractivity contribution in [1.29, 1.82) is 0 Å². The molecule has 4 unspecified atom stereocenters. The van der Waals surface area contributed by atoms with Crippen LogP contribution < -0.4 is 0 Å². The molecular weight excluding hydrogens is 943 g/mol. The fourth-order valence-electron chi connectivity index (χ4n) is 7.74. The number of benzene rings is 2. The lowest BCUT2D eigenvalue weighted by atomic mass is 9.85. The second kappa shape index (κ2) is 20.9. The quantitative estimate of drug-likeness (QED) is 0.0744. The zero-order valence-electron chi connectivity index (χ0n) is 33.8. The fourth-order valence-corrected chi connectivity index (χ4v) is 10.3. The molecule has 0 bridgehead atoms. The number of aldehydes is 1. The van der Waals surface area contributed by atoms with Crippen molar-refractivity contribution in [2.75, 3.05) is 5.75 Å². The lowest BCUT2D eigenvalue weighted by molar-refractivity contribution is -0.144. The Labute approximate surface area is 386 Å². The topological polar surface area (TPSA) is 159 Å². The first-order chi connectivity index (χ1) is 30.7. The number of aliphatic carboxylic acids is 2. The number of thiocarbonyl (C=S) groups is 2. The third kappa shape index (κ3) is 12.4. The van der Waals surface area contributed by atoms with E-state index >= 15 is 0 Å². The van der Waals surface area contributed by atoms with Gasteiger partial charge in [0.15, 0.2) is 12.0 Å². The minimum Gasteiger partial charge on any atom is -0.481 e. The van der Waals surface area contributed by atoms with Crippen LogP contribution in [0.4, 0.5) is 26.3 Å². The van der Waals surface area contributed by atoms with Crippen molar-refractivity contribution in [2.24, 2.45) is 11.8 Å². The molecule has 2 aromatic carbocycles. The number of hydrogen-bond acceptors (Lipinski definition) is 11. The van der Waals surface area contributed by atoms with E-state index in [0.29, 0.717) is 69.9 Å². The van der Waals surface area contributed by atoms with E-state index in [1.165, 1.54) is 59.1 Å². The Balaban J connectivity index is 0.000000178. The van der Waals surface area contributed by atoms with Crippen LogP contribution in [0, 0.1) is 11.8 Å². The highest BCUT2D eigenvalue weighted by molar-refractivity contribution is 8.26. The molecule has 4 atom stereocenters. The Bertz CT molecular complexity index is 2480. The van der Waals surface area contributed by atoms with Crippen LogP contribution in [-0.4, -0.2) is 76.5 Å². The van der Waals surface area contributed by atoms with E-state index in [9.17, 15) is 55.4 Å². The molecule has 2 saturated heterocycles. The highest BCUT2D eigenvalue weighted by Crippen LogP contribution is 2.40. The van der Waals surface area contributed by atoms with Crippen LogP contribution in [-0.2, 0) is 31.5 Å². The Morgan fingerprint density at radius 2 is 1.18 bits per heavy atom. The SMILES string of the molecule is O=C(O)C1CCCC(N2C(=O)C(=Cc3ccc(-c4cccc(C(F)(F)F)c4)o3)SC2=S)C1.O=C(O)C1CCCC(N2C(=O)CSC2=S)C1.O=Cc1ccc(-c2cccc(C(F)(F)F)c2)o1. The van der Waals surface area contributed by atoms with Gasteiger partial charge in [0.05, 0.1) is 33.6 Å². The smallest absolute Gasteiger partial charge is 0.416 e. The predicted octanol–water partition coefficient (Wildman–Crippen LogP) is 11.1. The summed E-state index contributed by atoms with van der Waals surface area (Å²) in [6.45, 7) is 0. The van der Waals surface area contributed by atoms with Gasteiger partial charge in [-0.1, -0.05) is 85.1 Å². The maximum absolute atomic E-state index is 13.0. The Kier molecular flexibility index (Phi) is 15.8. The number of carboxylic acids is 2. The highest BCUT2D eigenvalue weighted by atomic mass is 32.2. The molecule has 2 aliphatic heterocycles. The van der Waals surface area contributed by atoms with Crippen LogP contribution in [0.1, 0.15) is 78.8 Å². The van der Waals surface area contributed by atoms with Crippen molar-refractivity contribution >= 4 is 92.7 Å². The maximum atomic E-state index is 13.0. The molecule has 4 aromatic rings. The van der Waals surface area contributed by atoms with Gasteiger partial charge in [0, 0.05) is 29.3 Å². The fraction of sp³-hybridized carbons (Fsp3) is 0.341. The number of nitrogens with zero attached hydrogens (tertiary/aromatic N) is 2. The molecule has 21 heteroatoms. The molecule has 8 rings (SSSR count). The van der Waals surface area contributed by atoms with E-state index in [2.05, 4.69) is 0 Å². The second-order valence-corrected chi connectivity index (χ2v) is 18.5. The average Bonchev–Trinajstić information content (AvgIpc) is 4.08. The molecule has 2 aliphatic carbocycles. The number of carbonyl (C=O) groups is 5. The van der Waals surface area contributed by atoms with E-state index in [1.807, 2.05) is 0 Å². The predicted molar refractivity (Wildman–Crippen MR) is 237 cm³/mol. The minimum atomic E-state index is -4.46. The molecule has 4 fully saturated rings. The first kappa shape index (κ1) is 49.2. The molecule has 0 spiro atoms. The van der Waals surface area contributed by atoms with Crippen LogP contribution in [0.5, 0.6) is 0 Å². The summed E-state index contributed by atoms with van der Waals surface area (Å²) in [5.74, 6) is -1.44. The lowest BCUT2D eigenvalue weighted by Gasteiger charge is -2.33. The van der Waals surface area contributed by atoms with Gasteiger partial charge in [-0.2, -0.15) is 26.3 Å². The first-order valence-electron chi connectivity index (χ1n) is 19.9. The van der Waals surface area contributed by atoms with E-state index in [1.54, 1.807) is 17.0 Å². The summed E-state index contributed by atoms with van der Waals surface area (Å²) in [5, 5.41) is 18.3. The van der Waals surface area contributed by atoms with Crippen LogP contribution >= 0.6 is 48.0 Å². The summed E-state index contributed by atoms with van der Waals surface area (Å²) in [6, 6.07) is 15.3. The molecule has 11 nitrogen and oxygen atoms in total. The molecule has 0 radical (unpaired) electrons. The van der Waals surface area contributed by atoms with Gasteiger partial charge in [0.25, 0.3) is 5.91 Å². The van der Waals surface area contributed by atoms with Crippen molar-refractivity contribution < 1.29 is 69.4 Å². The van der Waals surface area contributed by atoms with E-state index in [0.717, 1.165) is 48.9 Å². The molecule has 65 heavy (non-hydrogen) atoms. The zero-order valence-corrected chi connectivity index (χ0v) is 37.1. The van der Waals surface area contributed by atoms with Crippen molar-refractivity contribution in [3.63, 3.8) is 0 Å². The molecule has 2 aromatic heterocycles. The number of thioether (sulfide) groups is 2. The largest absolute Gasteiger partial charge is 0.481 e. The van der Waals surface area contributed by atoms with Crippen molar-refractivity contribution in [3.05, 3.63) is 100 Å². The number of carbonyl (C=O) groups excluding carboxylic acids is 3. The number of furan rings is 2. The highest BCUT2D eigenvalue weighted by Gasteiger charge is 2.41. The van der Waals surface area contributed by atoms with E-state index in [4.69, 9.17) is 38.4 Å². The molecular formula is C44H38F6N2O9S4. The third-order valence-electron chi connectivity index (χ3n) is 10.9. The summed E-state index contributed by atoms with van der Waals surface area (Å²) < 4.78 is 88.0. The van der Waals surface area contributed by atoms with Crippen LogP contribution in [0.25, 0.3) is 28.7 Å². The summed E-state index contributed by atoms with van der Waals surface area (Å²) in [7, 11) is 0. The average molecular weight is 981 g/mol. The van der Waals surface area contributed by atoms with Crippen molar-refractivity contribution in [1.82, 2.24) is 9.80 Å². The van der Waals surface area contributed by atoms with Gasteiger partial charge < -0.3 is 19.0 Å². The first-order valence-corrected chi connectivity index (χ1v) is 22.6. The number of halogens is 6. The van der Waals surface area contributed by atoms with Gasteiger partial charge >= 0.3 is 24.3 Å². The number of hydrogen-bond donors (Lipinski definition) is 2. The van der Waals surface area contributed by atoms with Gasteiger partial charge in [-0.05, 0) is 87.1 Å². The van der Waals surface area contributed by atoms with Gasteiger partial charge in [-0.3, -0.25) is 33.8 Å². The normalized spacial score (nSPS) is 22.0. The van der Waals surface area contributed by atoms with Crippen molar-refractivity contribution in [2.45, 2.75) is 75.8 Å². The van der Waals surface area contributed by atoms with Gasteiger partial charge in [0.1, 0.15) is 25.9 Å². The third-order valence-corrected chi connectivity index (χ3v) is 13.6. The molecule has 2 saturated carbocycles. The standard InChI is InChI=1S/C22H18F3NO4S2.C12H7F3O2.C10H13NO3S2/c23-22(24,25)14-5-1-3-12(9-14)17-8-7-16(30-17)11-18-19(27)26(21(31)32-18)15-6-2-4-13(10-15)20(28)29;13-12(14,15)9-3-1-2-8(6-9)11-5-4-10(7-16)17-11;12-8-5-16-10(15)11(8)7-3-1-2-6(4-7)9(13)14/h1,3,5,7-9,11,13,15H,2,4,6,10H2,(H,28,29);1-7H;6-7H,1-5H2,(H,13,14). The second-order valence-electron chi connectivity index (χ2n) is 15.3. The van der Waals surface area contributed by atoms with E-state index < -0.39 is 41.3 Å². The summed E-state index contributed by atoms with van der Waals surface area (Å²) >= 11 is 13.0. The van der Waals surface area contributed by atoms with Gasteiger partial charge in [-0.25, -0.2) is 0 Å². The minimum absolute atomic E-state index is 0.00449. The zero-order chi connectivity index (χ0) is 47.2. The van der Waals surface area contributed by atoms with Crippen LogP contribution in [0.2, 0.25) is 0 Å².